The number of aryl methyl sites for hydroxylation is 2. The van der Waals surface area contributed by atoms with Gasteiger partial charge in [-0.15, -0.1) is 0 Å². The lowest BCUT2D eigenvalue weighted by Crippen LogP contribution is -2.49. The number of benzene rings is 1. The molecule has 3 nitrogen and oxygen atoms in total. The van der Waals surface area contributed by atoms with Gasteiger partial charge in [-0.1, -0.05) is 17.7 Å². The van der Waals surface area contributed by atoms with Crippen LogP contribution in [0, 0.1) is 6.92 Å². The van der Waals surface area contributed by atoms with Gasteiger partial charge < -0.3 is 13.3 Å². The predicted octanol–water partition coefficient (Wildman–Crippen LogP) is 4.82. The van der Waals surface area contributed by atoms with Crippen LogP contribution in [-0.2, 0) is 14.7 Å². The fraction of sp³-hybridized carbons (Fsp3) is 0.625. The lowest BCUT2D eigenvalue weighted by molar-refractivity contribution is 0.390. The first-order valence-corrected chi connectivity index (χ1v) is 16.3. The van der Waals surface area contributed by atoms with Gasteiger partial charge in [-0.25, -0.2) is 0 Å². The van der Waals surface area contributed by atoms with Crippen molar-refractivity contribution in [2.75, 3.05) is 0 Å². The Labute approximate surface area is 139 Å². The maximum Gasteiger partial charge on any atom is 0.314 e. The van der Waals surface area contributed by atoms with E-state index in [4.69, 9.17) is 8.23 Å². The average Bonchev–Trinajstić information content (AvgIpc) is 2.29. The highest BCUT2D eigenvalue weighted by molar-refractivity contribution is 6.84. The molecule has 1 atom stereocenters. The maximum atomic E-state index is 9.96. The minimum atomic E-state index is -2.11. The standard InChI is InChI=1S/C16H31O3Si3/c1-14-10-11-16(17)15(13-14)9-8-12-22(7,18-20(2)3)19-21(4,5)6/h10-11,13,17H,8-9,12H2,1-7H3. The highest BCUT2D eigenvalue weighted by atomic mass is 28.5. The summed E-state index contributed by atoms with van der Waals surface area (Å²) in [6, 6.07) is 6.79. The van der Waals surface area contributed by atoms with Crippen molar-refractivity contribution in [2.24, 2.45) is 0 Å². The van der Waals surface area contributed by atoms with Crippen LogP contribution in [0.15, 0.2) is 18.2 Å². The van der Waals surface area contributed by atoms with Crippen LogP contribution in [0.5, 0.6) is 5.75 Å². The van der Waals surface area contributed by atoms with Gasteiger partial charge in [-0.3, -0.25) is 0 Å². The SMILES string of the molecule is Cc1ccc(O)c(CCC[Si](C)(O[Si](C)C)O[Si](C)(C)C)c1. The highest BCUT2D eigenvalue weighted by Crippen LogP contribution is 2.26. The predicted molar refractivity (Wildman–Crippen MR) is 101 cm³/mol. The molecule has 1 unspecified atom stereocenters. The maximum absolute atomic E-state index is 9.96. The molecule has 125 valence electrons. The van der Waals surface area contributed by atoms with E-state index in [-0.39, 0.29) is 0 Å². The lowest BCUT2D eigenvalue weighted by Gasteiger charge is -2.35. The number of aromatic hydroxyl groups is 1. The summed E-state index contributed by atoms with van der Waals surface area (Å²) in [5, 5.41) is 9.96. The van der Waals surface area contributed by atoms with Gasteiger partial charge >= 0.3 is 8.56 Å². The number of rotatable bonds is 8. The minimum Gasteiger partial charge on any atom is -0.508 e. The number of phenolic OH excluding ortho intramolecular Hbond substituents is 1. The molecule has 0 aromatic heterocycles. The molecule has 22 heavy (non-hydrogen) atoms. The molecule has 6 heteroatoms. The summed E-state index contributed by atoms with van der Waals surface area (Å²) < 4.78 is 12.7. The molecular formula is C16H31O3Si3. The number of hydrogen-bond acceptors (Lipinski definition) is 3. The first-order chi connectivity index (χ1) is 10.0. The molecule has 1 radical (unpaired) electrons. The van der Waals surface area contributed by atoms with Crippen molar-refractivity contribution in [1.29, 1.82) is 0 Å². The normalized spacial score (nSPS) is 15.1. The Morgan fingerprint density at radius 2 is 1.77 bits per heavy atom. The van der Waals surface area contributed by atoms with Gasteiger partial charge in [0.25, 0.3) is 0 Å². The molecule has 0 saturated carbocycles. The summed E-state index contributed by atoms with van der Waals surface area (Å²) in [5.41, 5.74) is 2.22. The molecule has 0 heterocycles. The topological polar surface area (TPSA) is 38.7 Å². The Balaban J connectivity index is 2.69. The molecule has 0 bridgehead atoms. The Hall–Kier alpha value is -0.409. The molecule has 1 aromatic carbocycles. The molecule has 0 aliphatic heterocycles. The molecule has 0 aliphatic rings. The third-order valence-electron chi connectivity index (χ3n) is 3.25. The fourth-order valence-electron chi connectivity index (χ4n) is 2.72. The van der Waals surface area contributed by atoms with E-state index < -0.39 is 25.9 Å². The summed E-state index contributed by atoms with van der Waals surface area (Å²) >= 11 is 0. The molecule has 0 amide bonds. The van der Waals surface area contributed by atoms with Crippen molar-refractivity contribution in [2.45, 2.75) is 65.1 Å². The Morgan fingerprint density at radius 3 is 2.32 bits per heavy atom. The van der Waals surface area contributed by atoms with Crippen LogP contribution in [0.1, 0.15) is 17.5 Å². The smallest absolute Gasteiger partial charge is 0.314 e. The van der Waals surface area contributed by atoms with Crippen LogP contribution in [0.25, 0.3) is 0 Å². The monoisotopic (exact) mass is 355 g/mol. The van der Waals surface area contributed by atoms with Crippen LogP contribution < -0.4 is 0 Å². The van der Waals surface area contributed by atoms with Crippen LogP contribution in [0.4, 0.5) is 0 Å². The van der Waals surface area contributed by atoms with Gasteiger partial charge in [-0.05, 0) is 76.7 Å². The highest BCUT2D eigenvalue weighted by Gasteiger charge is 2.36. The van der Waals surface area contributed by atoms with E-state index in [1.807, 2.05) is 6.07 Å². The van der Waals surface area contributed by atoms with E-state index in [0.29, 0.717) is 5.75 Å². The van der Waals surface area contributed by atoms with E-state index >= 15 is 0 Å². The summed E-state index contributed by atoms with van der Waals surface area (Å²) in [6.07, 6.45) is 1.88. The van der Waals surface area contributed by atoms with E-state index in [1.165, 1.54) is 5.56 Å². The number of hydrogen-bond donors (Lipinski definition) is 1. The van der Waals surface area contributed by atoms with Crippen LogP contribution >= 0.6 is 0 Å². The minimum absolute atomic E-state index is 0.400. The Kier molecular flexibility index (Phi) is 7.07. The third-order valence-corrected chi connectivity index (χ3v) is 12.1. The fourth-order valence-corrected chi connectivity index (χ4v) is 13.5. The van der Waals surface area contributed by atoms with Crippen molar-refractivity contribution in [1.82, 2.24) is 0 Å². The molecule has 0 fully saturated rings. The van der Waals surface area contributed by atoms with E-state index in [0.717, 1.165) is 24.4 Å². The van der Waals surface area contributed by atoms with Crippen molar-refractivity contribution in [3.8, 4) is 5.75 Å². The van der Waals surface area contributed by atoms with Gasteiger partial charge in [0.15, 0.2) is 17.4 Å². The van der Waals surface area contributed by atoms with Crippen molar-refractivity contribution in [3.63, 3.8) is 0 Å². The second-order valence-corrected chi connectivity index (χ2v) is 17.8. The zero-order valence-electron chi connectivity index (χ0n) is 15.1. The molecule has 1 rings (SSSR count). The van der Waals surface area contributed by atoms with Gasteiger partial charge in [0.1, 0.15) is 5.75 Å². The van der Waals surface area contributed by atoms with Gasteiger partial charge in [-0.2, -0.15) is 0 Å². The molecule has 0 aliphatic carbocycles. The molecule has 1 N–H and O–H groups in total. The van der Waals surface area contributed by atoms with E-state index in [1.54, 1.807) is 6.07 Å². The Bertz CT molecular complexity index is 486. The van der Waals surface area contributed by atoms with Crippen molar-refractivity contribution < 1.29 is 13.3 Å². The van der Waals surface area contributed by atoms with Crippen LogP contribution in [0.3, 0.4) is 0 Å². The second kappa shape index (κ2) is 7.92. The number of phenols is 1. The first-order valence-electron chi connectivity index (χ1n) is 7.99. The summed E-state index contributed by atoms with van der Waals surface area (Å²) in [6.45, 7) is 15.3. The third kappa shape index (κ3) is 7.24. The largest absolute Gasteiger partial charge is 0.508 e. The summed E-state index contributed by atoms with van der Waals surface area (Å²) in [7, 11) is -4.47. The van der Waals surface area contributed by atoms with Crippen LogP contribution in [-0.4, -0.2) is 31.0 Å². The summed E-state index contributed by atoms with van der Waals surface area (Å²) in [4.78, 5) is 0. The zero-order chi connectivity index (χ0) is 17.0. The van der Waals surface area contributed by atoms with Crippen LogP contribution in [0.2, 0.25) is 45.3 Å². The Morgan fingerprint density at radius 1 is 1.14 bits per heavy atom. The zero-order valence-corrected chi connectivity index (χ0v) is 18.1. The first kappa shape index (κ1) is 19.6. The van der Waals surface area contributed by atoms with E-state index in [2.05, 4.69) is 52.3 Å². The van der Waals surface area contributed by atoms with Gasteiger partial charge in [0.2, 0.25) is 0 Å². The molecule has 1 aromatic rings. The quantitative estimate of drug-likeness (QED) is 0.679. The van der Waals surface area contributed by atoms with Gasteiger partial charge in [0.05, 0.1) is 0 Å². The summed E-state index contributed by atoms with van der Waals surface area (Å²) in [5.74, 6) is 0.400. The van der Waals surface area contributed by atoms with Crippen molar-refractivity contribution in [3.05, 3.63) is 29.3 Å². The van der Waals surface area contributed by atoms with E-state index in [9.17, 15) is 5.11 Å². The van der Waals surface area contributed by atoms with Crippen molar-refractivity contribution >= 4 is 25.9 Å². The molecule has 0 spiro atoms. The molecule has 0 saturated heterocycles. The van der Waals surface area contributed by atoms with Gasteiger partial charge in [0, 0.05) is 0 Å². The second-order valence-electron chi connectivity index (χ2n) is 7.34. The lowest BCUT2D eigenvalue weighted by atomic mass is 10.1. The molecular weight excluding hydrogens is 324 g/mol. The average molecular weight is 356 g/mol.